The average Bonchev–Trinajstić information content (AvgIpc) is 2.85. The van der Waals surface area contributed by atoms with Crippen LogP contribution < -0.4 is 5.32 Å². The Kier molecular flexibility index (Phi) is 5.22. The van der Waals surface area contributed by atoms with Gasteiger partial charge in [-0.2, -0.15) is 18.3 Å². The molecule has 1 N–H and O–H groups in total. The van der Waals surface area contributed by atoms with Crippen LogP contribution in [0.25, 0.3) is 5.52 Å². The molecule has 0 aromatic carbocycles. The number of nitrogens with one attached hydrogen (secondary N) is 1. The topological polar surface area (TPSA) is 29.3 Å². The third-order valence-corrected chi connectivity index (χ3v) is 3.43. The van der Waals surface area contributed by atoms with E-state index in [0.717, 1.165) is 24.0 Å². The molecule has 116 valence electrons. The molecule has 1 atom stereocenters. The Hall–Kier alpha value is -1.56. The summed E-state index contributed by atoms with van der Waals surface area (Å²) in [5.74, 6) is 0. The minimum atomic E-state index is -4.09. The normalized spacial score (nSPS) is 13.7. The lowest BCUT2D eigenvalue weighted by Gasteiger charge is -2.18. The molecule has 0 amide bonds. The average molecular weight is 299 g/mol. The molecular formula is C15H20F3N3. The van der Waals surface area contributed by atoms with E-state index in [1.54, 1.807) is 10.7 Å². The Morgan fingerprint density at radius 3 is 2.86 bits per heavy atom. The van der Waals surface area contributed by atoms with Crippen molar-refractivity contribution in [2.45, 2.75) is 44.8 Å². The van der Waals surface area contributed by atoms with Crippen molar-refractivity contribution in [3.05, 3.63) is 36.2 Å². The molecule has 0 aliphatic carbocycles. The first-order valence-electron chi connectivity index (χ1n) is 7.23. The third-order valence-electron chi connectivity index (χ3n) is 3.43. The summed E-state index contributed by atoms with van der Waals surface area (Å²) >= 11 is 0. The fourth-order valence-corrected chi connectivity index (χ4v) is 2.42. The zero-order valence-corrected chi connectivity index (χ0v) is 12.0. The van der Waals surface area contributed by atoms with Gasteiger partial charge in [-0.1, -0.05) is 13.0 Å². The van der Waals surface area contributed by atoms with Gasteiger partial charge in [0.2, 0.25) is 0 Å². The first-order chi connectivity index (χ1) is 10.0. The maximum absolute atomic E-state index is 12.3. The summed E-state index contributed by atoms with van der Waals surface area (Å²) < 4.78 is 38.7. The number of fused-ring (bicyclic) bond motifs is 1. The van der Waals surface area contributed by atoms with Crippen LogP contribution in [0, 0.1) is 0 Å². The van der Waals surface area contributed by atoms with Gasteiger partial charge in [0.1, 0.15) is 0 Å². The molecular weight excluding hydrogens is 279 g/mol. The molecule has 0 saturated heterocycles. The highest BCUT2D eigenvalue weighted by Gasteiger charge is 2.27. The molecule has 2 aromatic rings. The standard InChI is InChI=1S/C15H20F3N3/c1-2-9-19-13(6-5-8-15(16,17)18)12-11-20-21-10-4-3-7-14(12)21/h3-4,7,10-11,13,19H,2,5-6,8-9H2,1H3. The number of alkyl halides is 3. The van der Waals surface area contributed by atoms with Gasteiger partial charge in [0.15, 0.2) is 0 Å². The molecule has 0 radical (unpaired) electrons. The van der Waals surface area contributed by atoms with Gasteiger partial charge in [-0.15, -0.1) is 0 Å². The summed E-state index contributed by atoms with van der Waals surface area (Å²) in [4.78, 5) is 0. The van der Waals surface area contributed by atoms with Gasteiger partial charge in [-0.25, -0.2) is 4.52 Å². The zero-order valence-electron chi connectivity index (χ0n) is 12.0. The molecule has 3 nitrogen and oxygen atoms in total. The predicted octanol–water partition coefficient (Wildman–Crippen LogP) is 4.11. The summed E-state index contributed by atoms with van der Waals surface area (Å²) in [5.41, 5.74) is 1.91. The van der Waals surface area contributed by atoms with Gasteiger partial charge in [0, 0.05) is 24.2 Å². The largest absolute Gasteiger partial charge is 0.389 e. The van der Waals surface area contributed by atoms with Crippen LogP contribution in [0.2, 0.25) is 0 Å². The molecule has 0 aliphatic rings. The highest BCUT2D eigenvalue weighted by atomic mass is 19.4. The molecule has 2 rings (SSSR count). The Bertz CT molecular complexity index is 563. The highest BCUT2D eigenvalue weighted by Crippen LogP contribution is 2.28. The first kappa shape index (κ1) is 15.8. The van der Waals surface area contributed by atoms with E-state index in [-0.39, 0.29) is 12.5 Å². The monoisotopic (exact) mass is 299 g/mol. The van der Waals surface area contributed by atoms with Crippen molar-refractivity contribution in [2.24, 2.45) is 0 Å². The molecule has 0 spiro atoms. The maximum atomic E-state index is 12.3. The van der Waals surface area contributed by atoms with Crippen molar-refractivity contribution in [3.63, 3.8) is 0 Å². The Balaban J connectivity index is 2.11. The van der Waals surface area contributed by atoms with Gasteiger partial charge in [-0.05, 0) is 37.9 Å². The second kappa shape index (κ2) is 6.93. The zero-order chi connectivity index (χ0) is 15.3. The van der Waals surface area contributed by atoms with Crippen LogP contribution in [-0.4, -0.2) is 22.3 Å². The van der Waals surface area contributed by atoms with E-state index in [2.05, 4.69) is 10.4 Å². The van der Waals surface area contributed by atoms with E-state index in [1.165, 1.54) is 0 Å². The lowest BCUT2D eigenvalue weighted by atomic mass is 10.0. The van der Waals surface area contributed by atoms with Crippen LogP contribution in [0.4, 0.5) is 13.2 Å². The number of aromatic nitrogens is 2. The summed E-state index contributed by atoms with van der Waals surface area (Å²) in [7, 11) is 0. The summed E-state index contributed by atoms with van der Waals surface area (Å²) in [6, 6.07) is 5.63. The van der Waals surface area contributed by atoms with E-state index in [4.69, 9.17) is 0 Å². The van der Waals surface area contributed by atoms with Gasteiger partial charge >= 0.3 is 6.18 Å². The minimum Gasteiger partial charge on any atom is -0.310 e. The quantitative estimate of drug-likeness (QED) is 0.833. The van der Waals surface area contributed by atoms with Crippen molar-refractivity contribution >= 4 is 5.52 Å². The maximum Gasteiger partial charge on any atom is 0.389 e. The van der Waals surface area contributed by atoms with Gasteiger partial charge in [0.05, 0.1) is 11.7 Å². The number of hydrogen-bond donors (Lipinski definition) is 1. The van der Waals surface area contributed by atoms with Gasteiger partial charge < -0.3 is 5.32 Å². The predicted molar refractivity (Wildman–Crippen MR) is 76.1 cm³/mol. The first-order valence-corrected chi connectivity index (χ1v) is 7.23. The third kappa shape index (κ3) is 4.46. The molecule has 21 heavy (non-hydrogen) atoms. The Morgan fingerprint density at radius 2 is 2.14 bits per heavy atom. The van der Waals surface area contributed by atoms with Crippen LogP contribution in [0.1, 0.15) is 44.2 Å². The van der Waals surface area contributed by atoms with Crippen LogP contribution in [-0.2, 0) is 0 Å². The van der Waals surface area contributed by atoms with Crippen molar-refractivity contribution in [2.75, 3.05) is 6.54 Å². The number of hydrogen-bond acceptors (Lipinski definition) is 2. The van der Waals surface area contributed by atoms with Crippen molar-refractivity contribution < 1.29 is 13.2 Å². The number of rotatable bonds is 7. The van der Waals surface area contributed by atoms with Crippen LogP contribution >= 0.6 is 0 Å². The lowest BCUT2D eigenvalue weighted by Crippen LogP contribution is -2.22. The molecule has 0 saturated carbocycles. The molecule has 0 aliphatic heterocycles. The Labute approximate surface area is 122 Å². The highest BCUT2D eigenvalue weighted by molar-refractivity contribution is 5.54. The number of nitrogens with zero attached hydrogens (tertiary/aromatic N) is 2. The molecule has 6 heteroatoms. The molecule has 0 fully saturated rings. The molecule has 2 aromatic heterocycles. The van der Waals surface area contributed by atoms with Crippen molar-refractivity contribution in [3.8, 4) is 0 Å². The second-order valence-electron chi connectivity index (χ2n) is 5.14. The molecule has 1 unspecified atom stereocenters. The number of pyridine rings is 1. The van der Waals surface area contributed by atoms with Crippen LogP contribution in [0.5, 0.6) is 0 Å². The van der Waals surface area contributed by atoms with E-state index < -0.39 is 12.6 Å². The second-order valence-corrected chi connectivity index (χ2v) is 5.14. The van der Waals surface area contributed by atoms with Crippen molar-refractivity contribution in [1.82, 2.24) is 14.9 Å². The summed E-state index contributed by atoms with van der Waals surface area (Å²) in [5, 5.41) is 7.59. The van der Waals surface area contributed by atoms with E-state index in [9.17, 15) is 13.2 Å². The summed E-state index contributed by atoms with van der Waals surface area (Å²) in [6.07, 6.45) is 0.272. The van der Waals surface area contributed by atoms with E-state index in [1.807, 2.05) is 31.3 Å². The van der Waals surface area contributed by atoms with Crippen LogP contribution in [0.3, 0.4) is 0 Å². The van der Waals surface area contributed by atoms with E-state index in [0.29, 0.717) is 6.42 Å². The van der Waals surface area contributed by atoms with E-state index >= 15 is 0 Å². The summed E-state index contributed by atoms with van der Waals surface area (Å²) in [6.45, 7) is 2.82. The lowest BCUT2D eigenvalue weighted by molar-refractivity contribution is -0.135. The fraction of sp³-hybridized carbons (Fsp3) is 0.533. The smallest absolute Gasteiger partial charge is 0.310 e. The fourth-order valence-electron chi connectivity index (χ4n) is 2.42. The Morgan fingerprint density at radius 1 is 1.33 bits per heavy atom. The van der Waals surface area contributed by atoms with Crippen LogP contribution in [0.15, 0.2) is 30.6 Å². The molecule has 2 heterocycles. The van der Waals surface area contributed by atoms with Gasteiger partial charge in [0.25, 0.3) is 0 Å². The molecule has 0 bridgehead atoms. The minimum absolute atomic E-state index is 0.0906. The SMILES string of the molecule is CCCNC(CCCC(F)(F)F)c1cnn2ccccc12. The van der Waals surface area contributed by atoms with Crippen molar-refractivity contribution in [1.29, 1.82) is 0 Å². The number of halogens is 3. The van der Waals surface area contributed by atoms with Gasteiger partial charge in [-0.3, -0.25) is 0 Å².